The molecular weight excluding hydrogens is 441 g/mol. The van der Waals surface area contributed by atoms with Crippen molar-refractivity contribution in [3.63, 3.8) is 0 Å². The maximum atomic E-state index is 12.3. The van der Waals surface area contributed by atoms with Crippen LogP contribution in [0.4, 0.5) is 19.0 Å². The van der Waals surface area contributed by atoms with Crippen LogP contribution in [0.1, 0.15) is 6.92 Å². The van der Waals surface area contributed by atoms with Crippen LogP contribution in [0.2, 0.25) is 5.02 Å². The largest absolute Gasteiger partial charge is 0.490 e. The van der Waals surface area contributed by atoms with Crippen LogP contribution >= 0.6 is 11.6 Å². The molecule has 4 heterocycles. The minimum absolute atomic E-state index is 0.130. The van der Waals surface area contributed by atoms with Gasteiger partial charge in [0.05, 0.1) is 0 Å². The summed E-state index contributed by atoms with van der Waals surface area (Å²) in [5.74, 6) is -1.74. The third-order valence-corrected chi connectivity index (χ3v) is 4.91. The summed E-state index contributed by atoms with van der Waals surface area (Å²) in [6.07, 6.45) is -1.57. The number of aromatic nitrogens is 4. The lowest BCUT2D eigenvalue weighted by atomic mass is 10.2. The smallest absolute Gasteiger partial charge is 0.475 e. The van der Waals surface area contributed by atoms with Gasteiger partial charge in [0.2, 0.25) is 0 Å². The van der Waals surface area contributed by atoms with E-state index >= 15 is 0 Å². The van der Waals surface area contributed by atoms with Gasteiger partial charge >= 0.3 is 12.1 Å². The fourth-order valence-electron chi connectivity index (χ4n) is 3.07. The summed E-state index contributed by atoms with van der Waals surface area (Å²) < 4.78 is 31.7. The van der Waals surface area contributed by atoms with E-state index in [0.717, 1.165) is 36.2 Å². The van der Waals surface area contributed by atoms with E-state index in [1.54, 1.807) is 12.4 Å². The Morgan fingerprint density at radius 3 is 2.74 bits per heavy atom. The first-order valence-electron chi connectivity index (χ1n) is 9.09. The highest BCUT2D eigenvalue weighted by Gasteiger charge is 2.38. The lowest BCUT2D eigenvalue weighted by molar-refractivity contribution is -0.192. The third-order valence-electron chi connectivity index (χ3n) is 4.57. The van der Waals surface area contributed by atoms with E-state index in [-0.39, 0.29) is 16.6 Å². The number of pyridine rings is 1. The van der Waals surface area contributed by atoms with Gasteiger partial charge in [-0.25, -0.2) is 14.8 Å². The van der Waals surface area contributed by atoms with Crippen LogP contribution in [0, 0.1) is 0 Å². The van der Waals surface area contributed by atoms with Crippen molar-refractivity contribution in [3.8, 4) is 11.4 Å². The summed E-state index contributed by atoms with van der Waals surface area (Å²) in [7, 11) is 0. The zero-order valence-corrected chi connectivity index (χ0v) is 16.9. The molecule has 0 amide bonds. The van der Waals surface area contributed by atoms with Crippen LogP contribution in [0.15, 0.2) is 29.3 Å². The molecule has 9 nitrogen and oxygen atoms in total. The number of fused-ring (bicyclic) bond motifs is 1. The van der Waals surface area contributed by atoms with Crippen molar-refractivity contribution in [2.45, 2.75) is 19.1 Å². The number of aliphatic carboxylic acids is 1. The Morgan fingerprint density at radius 2 is 2.10 bits per heavy atom. The van der Waals surface area contributed by atoms with E-state index in [9.17, 15) is 18.0 Å². The molecule has 3 aromatic rings. The first-order valence-corrected chi connectivity index (χ1v) is 9.47. The molecule has 4 N–H and O–H groups in total. The van der Waals surface area contributed by atoms with Crippen LogP contribution in [-0.4, -0.2) is 62.9 Å². The molecule has 0 aliphatic carbocycles. The summed E-state index contributed by atoms with van der Waals surface area (Å²) >= 11 is 6.25. The minimum Gasteiger partial charge on any atom is -0.475 e. The summed E-state index contributed by atoms with van der Waals surface area (Å²) in [4.78, 5) is 38.1. The number of piperazine rings is 1. The summed E-state index contributed by atoms with van der Waals surface area (Å²) in [5, 5.41) is 11.5. The number of carbonyl (C=O) groups is 1. The van der Waals surface area contributed by atoms with Gasteiger partial charge in [-0.1, -0.05) is 11.6 Å². The van der Waals surface area contributed by atoms with Crippen molar-refractivity contribution in [2.75, 3.05) is 24.5 Å². The fraction of sp³-hybridized carbons (Fsp3) is 0.333. The summed E-state index contributed by atoms with van der Waals surface area (Å²) in [6.45, 7) is 4.51. The van der Waals surface area contributed by atoms with Gasteiger partial charge in [0.15, 0.2) is 5.82 Å². The number of halogens is 4. The number of carboxylic acid groups (broad SMARTS) is 1. The second-order valence-electron chi connectivity index (χ2n) is 6.70. The SMILES string of the molecule is C[C@@H]1CNCCN1c1nc(-c2c[nH]c3ncccc23)[nH]c(=O)c1Cl.O=C(O)C(F)(F)F. The molecule has 0 radical (unpaired) electrons. The van der Waals surface area contributed by atoms with E-state index in [4.69, 9.17) is 21.5 Å². The van der Waals surface area contributed by atoms with Crippen molar-refractivity contribution >= 4 is 34.4 Å². The van der Waals surface area contributed by atoms with Crippen LogP contribution in [0.5, 0.6) is 0 Å². The van der Waals surface area contributed by atoms with Crippen molar-refractivity contribution < 1.29 is 23.1 Å². The van der Waals surface area contributed by atoms with Crippen molar-refractivity contribution in [1.29, 1.82) is 0 Å². The van der Waals surface area contributed by atoms with Gasteiger partial charge in [-0.15, -0.1) is 0 Å². The number of H-pyrrole nitrogens is 2. The van der Waals surface area contributed by atoms with E-state index in [1.165, 1.54) is 0 Å². The highest BCUT2D eigenvalue weighted by Crippen LogP contribution is 2.28. The molecule has 1 fully saturated rings. The van der Waals surface area contributed by atoms with Gasteiger partial charge in [0, 0.05) is 49.0 Å². The van der Waals surface area contributed by atoms with Crippen LogP contribution in [0.3, 0.4) is 0 Å². The number of carboxylic acids is 1. The quantitative estimate of drug-likeness (QED) is 0.464. The second-order valence-corrected chi connectivity index (χ2v) is 7.08. The van der Waals surface area contributed by atoms with Gasteiger partial charge in [-0.3, -0.25) is 4.79 Å². The predicted molar refractivity (Wildman–Crippen MR) is 108 cm³/mol. The number of aromatic amines is 2. The number of hydrogen-bond acceptors (Lipinski definition) is 6. The number of nitrogens with one attached hydrogen (secondary N) is 3. The van der Waals surface area contributed by atoms with Gasteiger partial charge in [-0.2, -0.15) is 13.2 Å². The molecule has 1 aliphatic rings. The molecule has 4 rings (SSSR count). The average Bonchev–Trinajstić information content (AvgIpc) is 3.14. The normalized spacial score (nSPS) is 16.7. The summed E-state index contributed by atoms with van der Waals surface area (Å²) in [5.41, 5.74) is 1.22. The van der Waals surface area contributed by atoms with E-state index < -0.39 is 12.1 Å². The van der Waals surface area contributed by atoms with Crippen LogP contribution < -0.4 is 15.8 Å². The molecule has 1 aliphatic heterocycles. The molecule has 3 aromatic heterocycles. The molecule has 0 aromatic carbocycles. The number of rotatable bonds is 2. The zero-order chi connectivity index (χ0) is 22.8. The predicted octanol–water partition coefficient (Wildman–Crippen LogP) is 2.40. The molecule has 0 saturated carbocycles. The molecule has 0 unspecified atom stereocenters. The third kappa shape index (κ3) is 4.97. The molecule has 31 heavy (non-hydrogen) atoms. The van der Waals surface area contributed by atoms with E-state index in [1.807, 2.05) is 12.1 Å². The molecular formula is C18H18ClF3N6O3. The highest BCUT2D eigenvalue weighted by atomic mass is 35.5. The Kier molecular flexibility index (Phi) is 6.51. The Labute approximate surface area is 178 Å². The Balaban J connectivity index is 0.000000339. The van der Waals surface area contributed by atoms with Crippen LogP contribution in [0.25, 0.3) is 22.4 Å². The minimum atomic E-state index is -5.08. The summed E-state index contributed by atoms with van der Waals surface area (Å²) in [6, 6.07) is 4.01. The fourth-order valence-corrected chi connectivity index (χ4v) is 3.27. The Bertz CT molecular complexity index is 1150. The van der Waals surface area contributed by atoms with E-state index in [0.29, 0.717) is 11.6 Å². The maximum Gasteiger partial charge on any atom is 0.490 e. The van der Waals surface area contributed by atoms with Gasteiger partial charge in [0.1, 0.15) is 16.5 Å². The van der Waals surface area contributed by atoms with Gasteiger partial charge < -0.3 is 25.3 Å². The molecule has 1 atom stereocenters. The first kappa shape index (κ1) is 22.6. The van der Waals surface area contributed by atoms with Crippen LogP contribution in [-0.2, 0) is 4.79 Å². The first-order chi connectivity index (χ1) is 14.6. The lowest BCUT2D eigenvalue weighted by Gasteiger charge is -2.35. The zero-order valence-electron chi connectivity index (χ0n) is 16.1. The monoisotopic (exact) mass is 458 g/mol. The van der Waals surface area contributed by atoms with Crippen molar-refractivity contribution in [1.82, 2.24) is 25.3 Å². The molecule has 0 bridgehead atoms. The maximum absolute atomic E-state index is 12.3. The number of anilines is 1. The lowest BCUT2D eigenvalue weighted by Crippen LogP contribution is -2.50. The van der Waals surface area contributed by atoms with Crippen molar-refractivity contribution in [3.05, 3.63) is 39.9 Å². The Hall–Kier alpha value is -3.12. The molecule has 166 valence electrons. The molecule has 1 saturated heterocycles. The van der Waals surface area contributed by atoms with Gasteiger partial charge in [0.25, 0.3) is 5.56 Å². The number of nitrogens with zero attached hydrogens (tertiary/aromatic N) is 3. The van der Waals surface area contributed by atoms with Crippen molar-refractivity contribution in [2.24, 2.45) is 0 Å². The number of alkyl halides is 3. The Morgan fingerprint density at radius 1 is 1.39 bits per heavy atom. The molecule has 13 heteroatoms. The topological polar surface area (TPSA) is 127 Å². The highest BCUT2D eigenvalue weighted by molar-refractivity contribution is 6.32. The van der Waals surface area contributed by atoms with Gasteiger partial charge in [-0.05, 0) is 19.1 Å². The average molecular weight is 459 g/mol. The molecule has 0 spiro atoms. The number of hydrogen-bond donors (Lipinski definition) is 4. The standard InChI is InChI=1S/C16H17ClN6O.C2HF3O2/c1-9-7-18-5-6-23(9)15-12(17)16(24)22-14(21-15)11-8-20-13-10(11)3-2-4-19-13;3-2(4,5)1(6)7/h2-4,8-9,18H,5-7H2,1H3,(H,19,20)(H,21,22,24);(H,6,7)/t9-;/m1./s1. The van der Waals surface area contributed by atoms with E-state index in [2.05, 4.69) is 37.1 Å². The second kappa shape index (κ2) is 8.94.